The van der Waals surface area contributed by atoms with Crippen LogP contribution in [0.3, 0.4) is 0 Å². The van der Waals surface area contributed by atoms with Gasteiger partial charge >= 0.3 is 0 Å². The SMILES string of the molecule is CC(C)(CN)CN(Cc1ccc(NC(=O)C2CC2)cc1)C(=O)c1cccc(F)c1. The van der Waals surface area contributed by atoms with Gasteiger partial charge in [0.25, 0.3) is 5.91 Å². The summed E-state index contributed by atoms with van der Waals surface area (Å²) in [7, 11) is 0. The highest BCUT2D eigenvalue weighted by Gasteiger charge is 2.29. The van der Waals surface area contributed by atoms with Gasteiger partial charge in [-0.3, -0.25) is 9.59 Å². The second kappa shape index (κ2) is 8.74. The molecule has 0 aromatic heterocycles. The number of benzene rings is 2. The molecule has 1 aliphatic rings. The van der Waals surface area contributed by atoms with Crippen molar-refractivity contribution < 1.29 is 14.0 Å². The van der Waals surface area contributed by atoms with Gasteiger partial charge in [-0.1, -0.05) is 32.0 Å². The Morgan fingerprint density at radius 3 is 2.45 bits per heavy atom. The first-order valence-corrected chi connectivity index (χ1v) is 9.92. The Morgan fingerprint density at radius 1 is 1.17 bits per heavy atom. The lowest BCUT2D eigenvalue weighted by Gasteiger charge is -2.32. The van der Waals surface area contributed by atoms with Crippen LogP contribution in [0.2, 0.25) is 0 Å². The van der Waals surface area contributed by atoms with Crippen LogP contribution in [0.25, 0.3) is 0 Å². The lowest BCUT2D eigenvalue weighted by molar-refractivity contribution is -0.117. The van der Waals surface area contributed by atoms with Crippen LogP contribution in [0.4, 0.5) is 10.1 Å². The minimum absolute atomic E-state index is 0.0605. The molecule has 1 fully saturated rings. The number of carbonyl (C=O) groups is 2. The summed E-state index contributed by atoms with van der Waals surface area (Å²) in [5.74, 6) is -0.473. The van der Waals surface area contributed by atoms with Crippen molar-refractivity contribution in [2.24, 2.45) is 17.1 Å². The van der Waals surface area contributed by atoms with Crippen molar-refractivity contribution >= 4 is 17.5 Å². The van der Waals surface area contributed by atoms with E-state index in [0.717, 1.165) is 24.1 Å². The summed E-state index contributed by atoms with van der Waals surface area (Å²) in [6.45, 7) is 5.23. The van der Waals surface area contributed by atoms with Crippen molar-refractivity contribution in [3.05, 3.63) is 65.5 Å². The molecule has 1 saturated carbocycles. The number of rotatable bonds is 8. The van der Waals surface area contributed by atoms with Crippen LogP contribution < -0.4 is 11.1 Å². The molecule has 3 rings (SSSR count). The Morgan fingerprint density at radius 2 is 1.86 bits per heavy atom. The molecule has 5 nitrogen and oxygen atoms in total. The van der Waals surface area contributed by atoms with E-state index < -0.39 is 5.82 Å². The van der Waals surface area contributed by atoms with Crippen molar-refractivity contribution in [1.29, 1.82) is 0 Å². The summed E-state index contributed by atoms with van der Waals surface area (Å²) in [4.78, 5) is 26.6. The summed E-state index contributed by atoms with van der Waals surface area (Å²) in [5, 5.41) is 2.91. The number of nitrogens with one attached hydrogen (secondary N) is 1. The Labute approximate surface area is 171 Å². The van der Waals surface area contributed by atoms with Gasteiger partial charge in [-0.25, -0.2) is 4.39 Å². The van der Waals surface area contributed by atoms with Crippen LogP contribution in [0.15, 0.2) is 48.5 Å². The second-order valence-electron chi connectivity index (χ2n) is 8.50. The highest BCUT2D eigenvalue weighted by molar-refractivity contribution is 5.94. The predicted molar refractivity (Wildman–Crippen MR) is 112 cm³/mol. The van der Waals surface area contributed by atoms with Crippen molar-refractivity contribution in [3.8, 4) is 0 Å². The van der Waals surface area contributed by atoms with Crippen LogP contribution in [-0.2, 0) is 11.3 Å². The fourth-order valence-corrected chi connectivity index (χ4v) is 3.09. The lowest BCUT2D eigenvalue weighted by atomic mass is 9.92. The Kier molecular flexibility index (Phi) is 6.33. The van der Waals surface area contributed by atoms with Gasteiger partial charge in [0.05, 0.1) is 0 Å². The maximum atomic E-state index is 13.6. The van der Waals surface area contributed by atoms with E-state index in [0.29, 0.717) is 25.2 Å². The molecule has 3 N–H and O–H groups in total. The van der Waals surface area contributed by atoms with Crippen molar-refractivity contribution in [3.63, 3.8) is 0 Å². The number of halogens is 1. The van der Waals surface area contributed by atoms with Gasteiger partial charge in [0.2, 0.25) is 5.91 Å². The van der Waals surface area contributed by atoms with E-state index in [2.05, 4.69) is 5.32 Å². The van der Waals surface area contributed by atoms with Crippen LogP contribution in [-0.4, -0.2) is 29.8 Å². The Hall–Kier alpha value is -2.73. The van der Waals surface area contributed by atoms with Crippen molar-refractivity contribution in [2.45, 2.75) is 33.2 Å². The third-order valence-corrected chi connectivity index (χ3v) is 5.07. The summed E-state index contributed by atoms with van der Waals surface area (Å²) in [5.41, 5.74) is 7.57. The molecule has 0 unspecified atom stereocenters. The largest absolute Gasteiger partial charge is 0.334 e. The van der Waals surface area contributed by atoms with Gasteiger partial charge in [-0.15, -0.1) is 0 Å². The quantitative estimate of drug-likeness (QED) is 0.711. The zero-order chi connectivity index (χ0) is 21.0. The molecule has 0 aliphatic heterocycles. The third kappa shape index (κ3) is 5.87. The molecule has 2 aromatic carbocycles. The predicted octanol–water partition coefficient (Wildman–Crippen LogP) is 3.80. The van der Waals surface area contributed by atoms with E-state index in [9.17, 15) is 14.0 Å². The molecule has 0 radical (unpaired) electrons. The monoisotopic (exact) mass is 397 g/mol. The highest BCUT2D eigenvalue weighted by atomic mass is 19.1. The molecule has 1 aliphatic carbocycles. The molecule has 0 spiro atoms. The number of hydrogen-bond donors (Lipinski definition) is 2. The molecule has 6 heteroatoms. The number of nitrogens with zero attached hydrogens (tertiary/aromatic N) is 1. The topological polar surface area (TPSA) is 75.4 Å². The molecule has 154 valence electrons. The number of amides is 2. The van der Waals surface area contributed by atoms with E-state index in [1.54, 1.807) is 11.0 Å². The fourth-order valence-electron chi connectivity index (χ4n) is 3.09. The summed E-state index contributed by atoms with van der Waals surface area (Å²) < 4.78 is 13.6. The molecule has 0 bridgehead atoms. The van der Waals surface area contributed by atoms with Crippen LogP contribution in [0.5, 0.6) is 0 Å². The van der Waals surface area contributed by atoms with Gasteiger partial charge in [-0.05, 0) is 60.7 Å². The van der Waals surface area contributed by atoms with Gasteiger partial charge < -0.3 is 16.0 Å². The van der Waals surface area contributed by atoms with E-state index in [-0.39, 0.29) is 23.1 Å². The number of anilines is 1. The maximum absolute atomic E-state index is 13.6. The third-order valence-electron chi connectivity index (χ3n) is 5.07. The fraction of sp³-hybridized carbons (Fsp3) is 0.391. The average Bonchev–Trinajstić information content (AvgIpc) is 3.53. The summed E-state index contributed by atoms with van der Waals surface area (Å²) >= 11 is 0. The van der Waals surface area contributed by atoms with E-state index >= 15 is 0 Å². The van der Waals surface area contributed by atoms with E-state index in [4.69, 9.17) is 5.73 Å². The summed E-state index contributed by atoms with van der Waals surface area (Å²) in [6, 6.07) is 13.2. The molecule has 0 atom stereocenters. The zero-order valence-electron chi connectivity index (χ0n) is 17.0. The molecule has 0 saturated heterocycles. The minimum atomic E-state index is -0.440. The number of nitrogens with two attached hydrogens (primary N) is 1. The van der Waals surface area contributed by atoms with Crippen molar-refractivity contribution in [2.75, 3.05) is 18.4 Å². The van der Waals surface area contributed by atoms with Crippen LogP contribution in [0, 0.1) is 17.2 Å². The zero-order valence-corrected chi connectivity index (χ0v) is 17.0. The number of carbonyl (C=O) groups excluding carboxylic acids is 2. The first kappa shape index (κ1) is 21.0. The normalized spacial score (nSPS) is 13.8. The second-order valence-corrected chi connectivity index (χ2v) is 8.50. The van der Waals surface area contributed by atoms with E-state index in [1.165, 1.54) is 18.2 Å². The van der Waals surface area contributed by atoms with Gasteiger partial charge in [0.1, 0.15) is 5.82 Å². The van der Waals surface area contributed by atoms with Gasteiger partial charge in [0, 0.05) is 30.3 Å². The van der Waals surface area contributed by atoms with Crippen molar-refractivity contribution in [1.82, 2.24) is 4.90 Å². The van der Waals surface area contributed by atoms with E-state index in [1.807, 2.05) is 38.1 Å². The lowest BCUT2D eigenvalue weighted by Crippen LogP contribution is -2.41. The Balaban J connectivity index is 1.75. The average molecular weight is 397 g/mol. The molecule has 2 amide bonds. The first-order valence-electron chi connectivity index (χ1n) is 9.92. The maximum Gasteiger partial charge on any atom is 0.254 e. The van der Waals surface area contributed by atoms with Gasteiger partial charge in [0.15, 0.2) is 0 Å². The standard InChI is InChI=1S/C23H28FN3O2/c1-23(2,14-25)15-27(22(29)18-4-3-5-19(24)12-18)13-16-6-10-20(11-7-16)26-21(28)17-8-9-17/h3-7,10-12,17H,8-9,13-15,25H2,1-2H3,(H,26,28). The Bertz CT molecular complexity index is 876. The van der Waals surface area contributed by atoms with Gasteiger partial charge in [-0.2, -0.15) is 0 Å². The molecule has 29 heavy (non-hydrogen) atoms. The molecular formula is C23H28FN3O2. The minimum Gasteiger partial charge on any atom is -0.334 e. The first-order chi connectivity index (χ1) is 13.8. The molecule has 0 heterocycles. The van der Waals surface area contributed by atoms with Crippen LogP contribution in [0.1, 0.15) is 42.6 Å². The summed E-state index contributed by atoms with van der Waals surface area (Å²) in [6.07, 6.45) is 1.91. The molecular weight excluding hydrogens is 369 g/mol. The molecule has 2 aromatic rings. The highest BCUT2D eigenvalue weighted by Crippen LogP contribution is 2.30. The van der Waals surface area contributed by atoms with Crippen LogP contribution >= 0.6 is 0 Å². The smallest absolute Gasteiger partial charge is 0.254 e. The number of hydrogen-bond acceptors (Lipinski definition) is 3.